The Morgan fingerprint density at radius 1 is 0.933 bits per heavy atom. The van der Waals surface area contributed by atoms with Gasteiger partial charge in [-0.05, 0) is 48.5 Å². The van der Waals surface area contributed by atoms with E-state index in [1.165, 1.54) is 13.3 Å². The van der Waals surface area contributed by atoms with Crippen molar-refractivity contribution in [3.05, 3.63) is 93.5 Å². The molecular weight excluding hydrogens is 425 g/mol. The number of anilines is 1. The van der Waals surface area contributed by atoms with E-state index in [2.05, 4.69) is 15.8 Å². The normalized spacial score (nSPS) is 10.6. The highest BCUT2D eigenvalue weighted by Crippen LogP contribution is 2.31. The predicted octanol–water partition coefficient (Wildman–Crippen LogP) is 5.02. The Kier molecular flexibility index (Phi) is 7.06. The van der Waals surface area contributed by atoms with E-state index in [-0.39, 0.29) is 5.91 Å². The zero-order valence-electron chi connectivity index (χ0n) is 15.9. The van der Waals surface area contributed by atoms with Crippen molar-refractivity contribution in [1.29, 1.82) is 0 Å². The molecule has 3 aromatic carbocycles. The zero-order chi connectivity index (χ0) is 21.5. The number of carbonyl (C=O) groups excluding carboxylic acids is 2. The summed E-state index contributed by atoms with van der Waals surface area (Å²) in [6.45, 7) is 0. The third-order valence-electron chi connectivity index (χ3n) is 4.05. The van der Waals surface area contributed by atoms with Crippen LogP contribution >= 0.6 is 23.2 Å². The highest BCUT2D eigenvalue weighted by molar-refractivity contribution is 6.36. The van der Waals surface area contributed by atoms with Crippen LogP contribution in [0.4, 0.5) is 5.69 Å². The summed E-state index contributed by atoms with van der Waals surface area (Å²) >= 11 is 12.1. The minimum absolute atomic E-state index is 0.230. The highest BCUT2D eigenvalue weighted by Gasteiger charge is 2.10. The summed E-state index contributed by atoms with van der Waals surface area (Å²) in [5.41, 5.74) is 4.44. The van der Waals surface area contributed by atoms with E-state index in [4.69, 9.17) is 27.9 Å². The minimum Gasteiger partial charge on any atom is -0.495 e. The van der Waals surface area contributed by atoms with Gasteiger partial charge in [-0.25, -0.2) is 5.43 Å². The molecular formula is C22H17Cl2N3O3. The third-order valence-corrected chi connectivity index (χ3v) is 4.55. The van der Waals surface area contributed by atoms with Crippen molar-refractivity contribution in [3.63, 3.8) is 0 Å². The number of amides is 2. The second-order valence-electron chi connectivity index (χ2n) is 6.11. The molecule has 0 unspecified atom stereocenters. The number of benzene rings is 3. The number of hydrogen-bond donors (Lipinski definition) is 2. The topological polar surface area (TPSA) is 79.8 Å². The first-order chi connectivity index (χ1) is 14.5. The van der Waals surface area contributed by atoms with Crippen LogP contribution in [0.5, 0.6) is 5.75 Å². The Morgan fingerprint density at radius 3 is 2.27 bits per heavy atom. The molecule has 0 aliphatic rings. The van der Waals surface area contributed by atoms with Crippen molar-refractivity contribution < 1.29 is 14.3 Å². The molecule has 0 fully saturated rings. The van der Waals surface area contributed by atoms with Gasteiger partial charge >= 0.3 is 0 Å². The average Bonchev–Trinajstić information content (AvgIpc) is 2.74. The summed E-state index contributed by atoms with van der Waals surface area (Å²) in [5.74, 6) is -0.247. The molecule has 0 radical (unpaired) electrons. The first-order valence-corrected chi connectivity index (χ1v) is 9.56. The standard InChI is InChI=1S/C22H17Cl2N3O3/c1-30-20-16(11-17(23)12-19(20)24)13-25-27-22(29)15-7-9-18(10-8-15)26-21(28)14-5-3-2-4-6-14/h2-13H,1H3,(H,26,28)(H,27,29)/b25-13+. The van der Waals surface area contributed by atoms with Crippen LogP contribution in [0.15, 0.2) is 71.8 Å². The van der Waals surface area contributed by atoms with Crippen LogP contribution < -0.4 is 15.5 Å². The van der Waals surface area contributed by atoms with Crippen molar-refractivity contribution >= 4 is 46.9 Å². The van der Waals surface area contributed by atoms with E-state index in [0.717, 1.165) is 0 Å². The van der Waals surface area contributed by atoms with Gasteiger partial charge in [-0.2, -0.15) is 5.10 Å². The Balaban J connectivity index is 1.63. The van der Waals surface area contributed by atoms with Gasteiger partial charge in [0.15, 0.2) is 0 Å². The van der Waals surface area contributed by atoms with Crippen molar-refractivity contribution in [3.8, 4) is 5.75 Å². The number of hydrogen-bond acceptors (Lipinski definition) is 4. The Labute approximate surface area is 183 Å². The second-order valence-corrected chi connectivity index (χ2v) is 6.95. The maximum atomic E-state index is 12.3. The van der Waals surface area contributed by atoms with Crippen LogP contribution in [0, 0.1) is 0 Å². The SMILES string of the molecule is COc1c(Cl)cc(Cl)cc1/C=N/NC(=O)c1ccc(NC(=O)c2ccccc2)cc1. The monoisotopic (exact) mass is 441 g/mol. The van der Waals surface area contributed by atoms with Crippen molar-refractivity contribution in [2.75, 3.05) is 12.4 Å². The zero-order valence-corrected chi connectivity index (χ0v) is 17.4. The highest BCUT2D eigenvalue weighted by atomic mass is 35.5. The first kappa shape index (κ1) is 21.4. The number of carbonyl (C=O) groups is 2. The fourth-order valence-corrected chi connectivity index (χ4v) is 3.20. The maximum Gasteiger partial charge on any atom is 0.271 e. The van der Waals surface area contributed by atoms with Gasteiger partial charge in [0.2, 0.25) is 0 Å². The molecule has 0 heterocycles. The molecule has 2 amide bonds. The van der Waals surface area contributed by atoms with E-state index in [0.29, 0.717) is 38.2 Å². The van der Waals surface area contributed by atoms with E-state index >= 15 is 0 Å². The molecule has 0 saturated carbocycles. The van der Waals surface area contributed by atoms with Gasteiger partial charge in [0.1, 0.15) is 5.75 Å². The number of hydrazone groups is 1. The lowest BCUT2D eigenvalue weighted by Gasteiger charge is -2.08. The molecule has 0 aliphatic carbocycles. The lowest BCUT2D eigenvalue weighted by molar-refractivity contribution is 0.0954. The molecule has 0 spiro atoms. The molecule has 0 atom stereocenters. The first-order valence-electron chi connectivity index (χ1n) is 8.81. The second kappa shape index (κ2) is 9.91. The summed E-state index contributed by atoms with van der Waals surface area (Å²) in [4.78, 5) is 24.5. The number of halogens is 2. The summed E-state index contributed by atoms with van der Waals surface area (Å²) in [5, 5.41) is 7.46. The van der Waals surface area contributed by atoms with Crippen molar-refractivity contribution in [1.82, 2.24) is 5.43 Å². The van der Waals surface area contributed by atoms with Crippen LogP contribution in [0.25, 0.3) is 0 Å². The van der Waals surface area contributed by atoms with Crippen LogP contribution in [0.3, 0.4) is 0 Å². The molecule has 0 aromatic heterocycles. The predicted molar refractivity (Wildman–Crippen MR) is 119 cm³/mol. The third kappa shape index (κ3) is 5.37. The van der Waals surface area contributed by atoms with E-state index in [1.807, 2.05) is 6.07 Å². The van der Waals surface area contributed by atoms with E-state index in [1.54, 1.807) is 60.7 Å². The summed E-state index contributed by atoms with van der Waals surface area (Å²) in [6, 6.07) is 18.5. The van der Waals surface area contributed by atoms with Gasteiger partial charge in [0.05, 0.1) is 18.3 Å². The molecule has 0 saturated heterocycles. The van der Waals surface area contributed by atoms with Gasteiger partial charge < -0.3 is 10.1 Å². The lowest BCUT2D eigenvalue weighted by atomic mass is 10.1. The van der Waals surface area contributed by atoms with Gasteiger partial charge in [-0.15, -0.1) is 0 Å². The van der Waals surface area contributed by atoms with Crippen LogP contribution in [0.1, 0.15) is 26.3 Å². The maximum absolute atomic E-state index is 12.3. The average molecular weight is 442 g/mol. The van der Waals surface area contributed by atoms with Crippen LogP contribution in [-0.4, -0.2) is 25.1 Å². The lowest BCUT2D eigenvalue weighted by Crippen LogP contribution is -2.18. The molecule has 8 heteroatoms. The number of nitrogens with zero attached hydrogens (tertiary/aromatic N) is 1. The van der Waals surface area contributed by atoms with Gasteiger partial charge in [0.25, 0.3) is 11.8 Å². The Hall–Kier alpha value is -3.35. The van der Waals surface area contributed by atoms with Gasteiger partial charge in [0, 0.05) is 27.4 Å². The van der Waals surface area contributed by atoms with E-state index in [9.17, 15) is 9.59 Å². The van der Waals surface area contributed by atoms with Crippen LogP contribution in [0.2, 0.25) is 10.0 Å². The number of rotatable bonds is 6. The number of methoxy groups -OCH3 is 1. The quantitative estimate of drug-likeness (QED) is 0.416. The molecule has 0 aliphatic heterocycles. The molecule has 30 heavy (non-hydrogen) atoms. The largest absolute Gasteiger partial charge is 0.495 e. The van der Waals surface area contributed by atoms with Crippen molar-refractivity contribution in [2.24, 2.45) is 5.10 Å². The fraction of sp³-hybridized carbons (Fsp3) is 0.0455. The minimum atomic E-state index is -0.417. The molecule has 2 N–H and O–H groups in total. The summed E-state index contributed by atoms with van der Waals surface area (Å²) in [7, 11) is 1.48. The molecule has 6 nitrogen and oxygen atoms in total. The fourth-order valence-electron chi connectivity index (χ4n) is 2.61. The number of nitrogens with one attached hydrogen (secondary N) is 2. The Morgan fingerprint density at radius 2 is 1.60 bits per heavy atom. The molecule has 3 rings (SSSR count). The van der Waals surface area contributed by atoms with Crippen LogP contribution in [-0.2, 0) is 0 Å². The van der Waals surface area contributed by atoms with Crippen molar-refractivity contribution in [2.45, 2.75) is 0 Å². The smallest absolute Gasteiger partial charge is 0.271 e. The summed E-state index contributed by atoms with van der Waals surface area (Å²) < 4.78 is 5.22. The van der Waals surface area contributed by atoms with E-state index < -0.39 is 5.91 Å². The van der Waals surface area contributed by atoms with Gasteiger partial charge in [-0.1, -0.05) is 41.4 Å². The Bertz CT molecular complexity index is 1080. The molecule has 3 aromatic rings. The number of ether oxygens (including phenoxy) is 1. The molecule has 152 valence electrons. The molecule has 0 bridgehead atoms. The van der Waals surface area contributed by atoms with Gasteiger partial charge in [-0.3, -0.25) is 9.59 Å². The summed E-state index contributed by atoms with van der Waals surface area (Å²) in [6.07, 6.45) is 1.39.